The molecule has 1 unspecified atom stereocenters. The molecule has 110 valence electrons. The lowest BCUT2D eigenvalue weighted by Crippen LogP contribution is -2.68. The van der Waals surface area contributed by atoms with Gasteiger partial charge in [0.2, 0.25) is 11.0 Å². The highest BCUT2D eigenvalue weighted by atomic mass is 32.2. The molecule has 0 saturated carbocycles. The standard InChI is InChI=1S/C11H14N2O5S2/c1-18-2-6(14)19-3-5-4-20-10-7(12)9(15)13(10)8(5)11(16)17/h7,10H,2-4,12H2,1H3,(H,16,17)/t7?,10-/m1/s1. The van der Waals surface area contributed by atoms with Gasteiger partial charge in [-0.05, 0) is 5.57 Å². The summed E-state index contributed by atoms with van der Waals surface area (Å²) in [5.41, 5.74) is 6.18. The number of rotatable bonds is 5. The number of carboxylic acids is 1. The molecule has 2 heterocycles. The fraction of sp³-hybridized carbons (Fsp3) is 0.545. The normalized spacial score (nSPS) is 25.3. The van der Waals surface area contributed by atoms with Crippen LogP contribution in [0.2, 0.25) is 0 Å². The number of aliphatic carboxylic acids is 1. The molecule has 7 nitrogen and oxygen atoms in total. The lowest BCUT2D eigenvalue weighted by Gasteiger charge is -2.48. The van der Waals surface area contributed by atoms with Crippen molar-refractivity contribution in [2.75, 3.05) is 25.2 Å². The van der Waals surface area contributed by atoms with E-state index in [-0.39, 0.29) is 34.5 Å². The van der Waals surface area contributed by atoms with Crippen LogP contribution in [0.15, 0.2) is 11.3 Å². The monoisotopic (exact) mass is 318 g/mol. The SMILES string of the molecule is COCC(=O)SCC1=C(C(=O)O)N2C(=O)C(N)[C@H]2SC1. The van der Waals surface area contributed by atoms with Crippen molar-refractivity contribution in [1.29, 1.82) is 0 Å². The topological polar surface area (TPSA) is 110 Å². The van der Waals surface area contributed by atoms with Gasteiger partial charge in [0, 0.05) is 18.6 Å². The van der Waals surface area contributed by atoms with E-state index in [4.69, 9.17) is 10.5 Å². The quantitative estimate of drug-likeness (QED) is 0.651. The third-order valence-corrected chi connectivity index (χ3v) is 5.25. The van der Waals surface area contributed by atoms with Crippen LogP contribution in [0.5, 0.6) is 0 Å². The minimum Gasteiger partial charge on any atom is -0.477 e. The highest BCUT2D eigenvalue weighted by molar-refractivity contribution is 8.13. The van der Waals surface area contributed by atoms with E-state index in [1.165, 1.54) is 23.8 Å². The number of hydrogen-bond donors (Lipinski definition) is 2. The highest BCUT2D eigenvalue weighted by Gasteiger charge is 2.51. The van der Waals surface area contributed by atoms with Gasteiger partial charge in [-0.15, -0.1) is 11.8 Å². The number of methoxy groups -OCH3 is 1. The molecule has 2 atom stereocenters. The first-order valence-electron chi connectivity index (χ1n) is 5.77. The molecular formula is C11H14N2O5S2. The Labute approximate surface area is 123 Å². The van der Waals surface area contributed by atoms with Crippen LogP contribution >= 0.6 is 23.5 Å². The lowest BCUT2D eigenvalue weighted by atomic mass is 10.0. The van der Waals surface area contributed by atoms with E-state index in [1.54, 1.807) is 0 Å². The molecule has 0 aromatic heterocycles. The van der Waals surface area contributed by atoms with Crippen molar-refractivity contribution in [1.82, 2.24) is 4.90 Å². The average molecular weight is 318 g/mol. The summed E-state index contributed by atoms with van der Waals surface area (Å²) in [6, 6.07) is -0.640. The maximum Gasteiger partial charge on any atom is 0.352 e. The third kappa shape index (κ3) is 2.71. The van der Waals surface area contributed by atoms with Crippen LogP contribution in [-0.4, -0.2) is 63.6 Å². The van der Waals surface area contributed by atoms with Crippen molar-refractivity contribution in [2.24, 2.45) is 5.73 Å². The number of hydrogen-bond acceptors (Lipinski definition) is 7. The van der Waals surface area contributed by atoms with Crippen LogP contribution in [-0.2, 0) is 19.1 Å². The summed E-state index contributed by atoms with van der Waals surface area (Å²) >= 11 is 2.41. The number of carboxylic acid groups (broad SMARTS) is 1. The van der Waals surface area contributed by atoms with Crippen molar-refractivity contribution in [2.45, 2.75) is 11.4 Å². The zero-order valence-electron chi connectivity index (χ0n) is 10.7. The molecule has 1 saturated heterocycles. The number of nitrogens with two attached hydrogens (primary N) is 1. The van der Waals surface area contributed by atoms with Gasteiger partial charge in [-0.25, -0.2) is 4.79 Å². The van der Waals surface area contributed by atoms with Crippen LogP contribution < -0.4 is 5.73 Å². The Balaban J connectivity index is 2.14. The zero-order chi connectivity index (χ0) is 14.9. The Morgan fingerprint density at radius 1 is 1.60 bits per heavy atom. The lowest BCUT2D eigenvalue weighted by molar-refractivity contribution is -0.147. The molecule has 1 amide bonds. The first-order chi connectivity index (χ1) is 9.47. The van der Waals surface area contributed by atoms with Crippen molar-refractivity contribution < 1.29 is 24.2 Å². The van der Waals surface area contributed by atoms with Crippen molar-refractivity contribution in [3.63, 3.8) is 0 Å². The molecule has 2 aliphatic heterocycles. The van der Waals surface area contributed by atoms with Gasteiger partial charge in [0.1, 0.15) is 23.7 Å². The van der Waals surface area contributed by atoms with Gasteiger partial charge in [-0.3, -0.25) is 14.5 Å². The summed E-state index contributed by atoms with van der Waals surface area (Å²) < 4.78 is 4.71. The summed E-state index contributed by atoms with van der Waals surface area (Å²) in [7, 11) is 1.42. The average Bonchev–Trinajstić information content (AvgIpc) is 2.43. The van der Waals surface area contributed by atoms with Gasteiger partial charge in [0.15, 0.2) is 0 Å². The van der Waals surface area contributed by atoms with Gasteiger partial charge in [0.05, 0.1) is 0 Å². The second-order valence-corrected chi connectivity index (χ2v) is 6.42. The fourth-order valence-electron chi connectivity index (χ4n) is 2.02. The summed E-state index contributed by atoms with van der Waals surface area (Å²) in [5, 5.41) is 8.80. The molecule has 0 aromatic carbocycles. The molecule has 0 spiro atoms. The minimum atomic E-state index is -1.16. The van der Waals surface area contributed by atoms with Gasteiger partial charge in [0.25, 0.3) is 0 Å². The van der Waals surface area contributed by atoms with Gasteiger partial charge >= 0.3 is 5.97 Å². The molecular weight excluding hydrogens is 304 g/mol. The fourth-order valence-corrected chi connectivity index (χ4v) is 4.22. The van der Waals surface area contributed by atoms with Gasteiger partial charge < -0.3 is 15.6 Å². The first-order valence-corrected chi connectivity index (χ1v) is 7.81. The van der Waals surface area contributed by atoms with Crippen molar-refractivity contribution >= 4 is 40.5 Å². The van der Waals surface area contributed by atoms with Crippen LogP contribution in [0.3, 0.4) is 0 Å². The largest absolute Gasteiger partial charge is 0.477 e. The van der Waals surface area contributed by atoms with E-state index in [0.717, 1.165) is 11.8 Å². The number of fused-ring (bicyclic) bond motifs is 1. The number of thioether (sulfide) groups is 2. The maximum atomic E-state index is 11.7. The number of ether oxygens (including phenoxy) is 1. The minimum absolute atomic E-state index is 0.0242. The predicted molar refractivity (Wildman–Crippen MR) is 75.1 cm³/mol. The van der Waals surface area contributed by atoms with Crippen LogP contribution in [0.4, 0.5) is 0 Å². The smallest absolute Gasteiger partial charge is 0.352 e. The van der Waals surface area contributed by atoms with Crippen molar-refractivity contribution in [3.8, 4) is 0 Å². The third-order valence-electron chi connectivity index (χ3n) is 2.96. The first kappa shape index (κ1) is 15.4. The molecule has 2 rings (SSSR count). The Bertz CT molecular complexity index is 493. The molecule has 9 heteroatoms. The summed E-state index contributed by atoms with van der Waals surface area (Å²) in [5.74, 6) is -0.852. The van der Waals surface area contributed by atoms with E-state index >= 15 is 0 Å². The van der Waals surface area contributed by atoms with Crippen LogP contribution in [0.1, 0.15) is 0 Å². The van der Waals surface area contributed by atoms with Crippen LogP contribution in [0, 0.1) is 0 Å². The molecule has 0 bridgehead atoms. The summed E-state index contributed by atoms with van der Waals surface area (Å²) in [6.45, 7) is -0.0242. The predicted octanol–water partition coefficient (Wildman–Crippen LogP) is -0.526. The Morgan fingerprint density at radius 2 is 2.30 bits per heavy atom. The molecule has 20 heavy (non-hydrogen) atoms. The molecule has 0 radical (unpaired) electrons. The van der Waals surface area contributed by atoms with E-state index in [1.807, 2.05) is 0 Å². The number of amides is 1. The molecule has 0 aliphatic carbocycles. The van der Waals surface area contributed by atoms with Crippen molar-refractivity contribution in [3.05, 3.63) is 11.3 Å². The van der Waals surface area contributed by atoms with E-state index in [2.05, 4.69) is 0 Å². The number of carbonyl (C=O) groups is 3. The van der Waals surface area contributed by atoms with Gasteiger partial charge in [-0.1, -0.05) is 11.8 Å². The Kier molecular flexibility index (Phi) is 4.74. The van der Waals surface area contributed by atoms with E-state index in [0.29, 0.717) is 11.3 Å². The molecule has 0 aromatic rings. The number of β-lactam (4-membered cyclic amide) rings is 1. The number of nitrogens with zero attached hydrogens (tertiary/aromatic N) is 1. The zero-order valence-corrected chi connectivity index (χ0v) is 12.3. The van der Waals surface area contributed by atoms with E-state index in [9.17, 15) is 19.5 Å². The summed E-state index contributed by atoms with van der Waals surface area (Å²) in [6.07, 6.45) is 0. The second-order valence-electron chi connectivity index (χ2n) is 4.29. The summed E-state index contributed by atoms with van der Waals surface area (Å²) in [4.78, 5) is 35.7. The molecule has 2 aliphatic rings. The molecule has 1 fully saturated rings. The Hall–Kier alpha value is -1.03. The maximum absolute atomic E-state index is 11.7. The second kappa shape index (κ2) is 6.17. The Morgan fingerprint density at radius 3 is 2.90 bits per heavy atom. The van der Waals surface area contributed by atoms with E-state index < -0.39 is 12.0 Å². The highest BCUT2D eigenvalue weighted by Crippen LogP contribution is 2.40. The molecule has 3 N–H and O–H groups in total. The van der Waals surface area contributed by atoms with Gasteiger partial charge in [-0.2, -0.15) is 0 Å². The van der Waals surface area contributed by atoms with Crippen LogP contribution in [0.25, 0.3) is 0 Å². The number of carbonyl (C=O) groups excluding carboxylic acids is 2.